The van der Waals surface area contributed by atoms with Gasteiger partial charge in [-0.05, 0) is 70.1 Å². The molecule has 0 spiro atoms. The molecular weight excluding hydrogens is 397 g/mol. The standard InChI is InChI=1S/C24H28FN3O3/c1-4-15-10-11-19(22(20(15)25)31-14-30-5-2)21-17-8-6-7-9-18(17)23(28-27-21)26-16-12-24(3,29)13-16/h1,10-11,16,29H,5-9,12-14H2,2-3H3,(H,26,28). The minimum absolute atomic E-state index is 0.0433. The maximum Gasteiger partial charge on any atom is 0.189 e. The smallest absolute Gasteiger partial charge is 0.189 e. The molecule has 1 aromatic heterocycles. The summed E-state index contributed by atoms with van der Waals surface area (Å²) in [6.07, 6.45) is 10.6. The van der Waals surface area contributed by atoms with E-state index in [-0.39, 0.29) is 24.1 Å². The molecule has 164 valence electrons. The van der Waals surface area contributed by atoms with Gasteiger partial charge in [0.05, 0.1) is 11.2 Å². The number of ether oxygens (including phenoxy) is 2. The number of nitrogens with zero attached hydrogens (tertiary/aromatic N) is 2. The van der Waals surface area contributed by atoms with Crippen molar-refractivity contribution in [2.24, 2.45) is 0 Å². The molecule has 0 atom stereocenters. The molecule has 0 radical (unpaired) electrons. The fourth-order valence-electron chi connectivity index (χ4n) is 4.46. The van der Waals surface area contributed by atoms with Crippen LogP contribution in [0.4, 0.5) is 10.2 Å². The van der Waals surface area contributed by atoms with Crippen LogP contribution in [0, 0.1) is 18.2 Å². The highest BCUT2D eigenvalue weighted by Gasteiger charge is 2.39. The van der Waals surface area contributed by atoms with Crippen LogP contribution in [-0.4, -0.2) is 40.3 Å². The quantitative estimate of drug-likeness (QED) is 0.399. The lowest BCUT2D eigenvalue weighted by Crippen LogP contribution is -2.48. The molecule has 1 heterocycles. The molecule has 0 amide bonds. The molecule has 0 bridgehead atoms. The molecule has 4 rings (SSSR count). The molecule has 7 heteroatoms. The molecule has 6 nitrogen and oxygen atoms in total. The Bertz CT molecular complexity index is 1010. The van der Waals surface area contributed by atoms with Gasteiger partial charge in [-0.15, -0.1) is 16.6 Å². The fourth-order valence-corrected chi connectivity index (χ4v) is 4.46. The number of anilines is 1. The van der Waals surface area contributed by atoms with E-state index in [0.29, 0.717) is 30.7 Å². The Hall–Kier alpha value is -2.69. The number of aromatic nitrogens is 2. The van der Waals surface area contributed by atoms with Crippen LogP contribution >= 0.6 is 0 Å². The van der Waals surface area contributed by atoms with Gasteiger partial charge in [0.1, 0.15) is 5.69 Å². The van der Waals surface area contributed by atoms with Gasteiger partial charge in [-0.25, -0.2) is 4.39 Å². The van der Waals surface area contributed by atoms with Gasteiger partial charge in [0.25, 0.3) is 0 Å². The fraction of sp³-hybridized carbons (Fsp3) is 0.500. The van der Waals surface area contributed by atoms with Gasteiger partial charge in [0, 0.05) is 23.8 Å². The predicted octanol–water partition coefficient (Wildman–Crippen LogP) is 3.84. The van der Waals surface area contributed by atoms with Crippen molar-refractivity contribution in [2.75, 3.05) is 18.7 Å². The highest BCUT2D eigenvalue weighted by molar-refractivity contribution is 5.74. The first-order chi connectivity index (χ1) is 14.9. The summed E-state index contributed by atoms with van der Waals surface area (Å²) in [6, 6.07) is 3.49. The van der Waals surface area contributed by atoms with Crippen LogP contribution < -0.4 is 10.1 Å². The maximum absolute atomic E-state index is 15.0. The molecule has 0 unspecified atom stereocenters. The normalized spacial score (nSPS) is 22.2. The second-order valence-corrected chi connectivity index (χ2v) is 8.51. The van der Waals surface area contributed by atoms with Crippen molar-refractivity contribution < 1.29 is 19.0 Å². The van der Waals surface area contributed by atoms with E-state index in [2.05, 4.69) is 21.4 Å². The molecule has 2 aliphatic carbocycles. The van der Waals surface area contributed by atoms with Crippen molar-refractivity contribution >= 4 is 5.82 Å². The van der Waals surface area contributed by atoms with Crippen LogP contribution in [-0.2, 0) is 17.6 Å². The third-order valence-electron chi connectivity index (χ3n) is 6.00. The van der Waals surface area contributed by atoms with Gasteiger partial charge < -0.3 is 19.9 Å². The molecule has 31 heavy (non-hydrogen) atoms. The number of hydrogen-bond donors (Lipinski definition) is 2. The van der Waals surface area contributed by atoms with Gasteiger partial charge in [-0.2, -0.15) is 0 Å². The van der Waals surface area contributed by atoms with Gasteiger partial charge in [0.2, 0.25) is 0 Å². The van der Waals surface area contributed by atoms with Gasteiger partial charge >= 0.3 is 0 Å². The van der Waals surface area contributed by atoms with Crippen LogP contribution in [0.1, 0.15) is 56.2 Å². The average molecular weight is 426 g/mol. The Morgan fingerprint density at radius 1 is 1.26 bits per heavy atom. The van der Waals surface area contributed by atoms with Crippen molar-refractivity contribution in [3.05, 3.63) is 34.6 Å². The molecule has 2 N–H and O–H groups in total. The number of terminal acetylenes is 1. The predicted molar refractivity (Wildman–Crippen MR) is 116 cm³/mol. The molecule has 1 saturated carbocycles. The van der Waals surface area contributed by atoms with E-state index in [9.17, 15) is 5.11 Å². The summed E-state index contributed by atoms with van der Waals surface area (Å²) < 4.78 is 25.9. The Morgan fingerprint density at radius 3 is 2.68 bits per heavy atom. The average Bonchev–Trinajstić information content (AvgIpc) is 2.74. The highest BCUT2D eigenvalue weighted by Crippen LogP contribution is 2.40. The number of rotatable bonds is 7. The number of nitrogens with one attached hydrogen (secondary N) is 1. The lowest BCUT2D eigenvalue weighted by Gasteiger charge is -2.41. The zero-order chi connectivity index (χ0) is 22.0. The van der Waals surface area contributed by atoms with E-state index in [1.165, 1.54) is 0 Å². The molecule has 0 saturated heterocycles. The summed E-state index contributed by atoms with van der Waals surface area (Å²) in [5.41, 5.74) is 2.83. The van der Waals surface area contributed by atoms with Crippen molar-refractivity contribution in [3.8, 4) is 29.4 Å². The first kappa shape index (κ1) is 21.5. The van der Waals surface area contributed by atoms with E-state index in [1.54, 1.807) is 12.1 Å². The van der Waals surface area contributed by atoms with Gasteiger partial charge in [-0.3, -0.25) is 0 Å². The zero-order valence-electron chi connectivity index (χ0n) is 18.0. The molecule has 2 aromatic rings. The topological polar surface area (TPSA) is 76.5 Å². The lowest BCUT2D eigenvalue weighted by molar-refractivity contribution is -0.0235. The Morgan fingerprint density at radius 2 is 2.00 bits per heavy atom. The van der Waals surface area contributed by atoms with Crippen molar-refractivity contribution in [2.45, 2.75) is 64.0 Å². The molecule has 1 aromatic carbocycles. The summed E-state index contributed by atoms with van der Waals surface area (Å²) in [5, 5.41) is 22.4. The Balaban J connectivity index is 1.73. The zero-order valence-corrected chi connectivity index (χ0v) is 18.0. The minimum Gasteiger partial charge on any atom is -0.464 e. The van der Waals surface area contributed by atoms with Gasteiger partial charge in [-0.1, -0.05) is 5.92 Å². The first-order valence-electron chi connectivity index (χ1n) is 10.8. The van der Waals surface area contributed by atoms with Crippen molar-refractivity contribution in [1.29, 1.82) is 0 Å². The van der Waals surface area contributed by atoms with E-state index in [4.69, 9.17) is 15.9 Å². The third kappa shape index (κ3) is 4.36. The van der Waals surface area contributed by atoms with Crippen LogP contribution in [0.3, 0.4) is 0 Å². The summed E-state index contributed by atoms with van der Waals surface area (Å²) in [7, 11) is 0. The van der Waals surface area contributed by atoms with Crippen LogP contribution in [0.2, 0.25) is 0 Å². The SMILES string of the molecule is C#Cc1ccc(-c2nnc(NC3CC(C)(O)C3)c3c2CCCC3)c(OCOCC)c1F. The van der Waals surface area contributed by atoms with Crippen LogP contribution in [0.15, 0.2) is 12.1 Å². The van der Waals surface area contributed by atoms with Crippen molar-refractivity contribution in [1.82, 2.24) is 10.2 Å². The number of halogens is 1. The monoisotopic (exact) mass is 425 g/mol. The highest BCUT2D eigenvalue weighted by atomic mass is 19.1. The minimum atomic E-state index is -0.617. The number of fused-ring (bicyclic) bond motifs is 1. The summed E-state index contributed by atoms with van der Waals surface area (Å²) in [4.78, 5) is 0. The number of benzene rings is 1. The Labute approximate surface area is 182 Å². The second-order valence-electron chi connectivity index (χ2n) is 8.51. The molecule has 0 aliphatic heterocycles. The maximum atomic E-state index is 15.0. The Kier molecular flexibility index (Phi) is 6.12. The molecule has 1 fully saturated rings. The first-order valence-corrected chi connectivity index (χ1v) is 10.8. The number of aliphatic hydroxyl groups is 1. The van der Waals surface area contributed by atoms with E-state index >= 15 is 4.39 Å². The third-order valence-corrected chi connectivity index (χ3v) is 6.00. The second kappa shape index (κ2) is 8.81. The summed E-state index contributed by atoms with van der Waals surface area (Å²) in [5.74, 6) is 2.57. The van der Waals surface area contributed by atoms with Crippen LogP contribution in [0.5, 0.6) is 5.75 Å². The lowest BCUT2D eigenvalue weighted by atomic mass is 9.77. The van der Waals surface area contributed by atoms with E-state index < -0.39 is 11.4 Å². The van der Waals surface area contributed by atoms with E-state index in [0.717, 1.165) is 42.6 Å². The van der Waals surface area contributed by atoms with Crippen LogP contribution in [0.25, 0.3) is 11.3 Å². The van der Waals surface area contributed by atoms with E-state index in [1.807, 2.05) is 13.8 Å². The van der Waals surface area contributed by atoms with Gasteiger partial charge in [0.15, 0.2) is 24.2 Å². The largest absolute Gasteiger partial charge is 0.464 e. The van der Waals surface area contributed by atoms with Crippen molar-refractivity contribution in [3.63, 3.8) is 0 Å². The molecular formula is C24H28FN3O3. The summed E-state index contributed by atoms with van der Waals surface area (Å²) in [6.45, 7) is 4.06. The number of hydrogen-bond acceptors (Lipinski definition) is 6. The molecule has 2 aliphatic rings. The summed E-state index contributed by atoms with van der Waals surface area (Å²) >= 11 is 0.